The summed E-state index contributed by atoms with van der Waals surface area (Å²) in [7, 11) is 1.42. The van der Waals surface area contributed by atoms with E-state index >= 15 is 0 Å². The third kappa shape index (κ3) is 3.07. The van der Waals surface area contributed by atoms with Crippen LogP contribution < -0.4 is 0 Å². The normalized spacial score (nSPS) is 10.4. The fourth-order valence-electron chi connectivity index (χ4n) is 1.83. The quantitative estimate of drug-likeness (QED) is 0.941. The summed E-state index contributed by atoms with van der Waals surface area (Å²) in [5.41, 5.74) is -0.310. The molecule has 2 rings (SSSR count). The number of carboxylic acids is 1. The molecule has 0 bridgehead atoms. The summed E-state index contributed by atoms with van der Waals surface area (Å²) in [6.45, 7) is 0.146. The van der Waals surface area contributed by atoms with Crippen LogP contribution in [0.25, 0.3) is 0 Å². The molecule has 0 unspecified atom stereocenters. The molecule has 2 aromatic rings. The molecule has 0 saturated carbocycles. The van der Waals surface area contributed by atoms with Crippen LogP contribution in [0.1, 0.15) is 26.3 Å². The number of aromatic carboxylic acids is 1. The molecule has 110 valence electrons. The molecular formula is C14H11F2NO4. The highest BCUT2D eigenvalue weighted by atomic mass is 19.2. The summed E-state index contributed by atoms with van der Waals surface area (Å²) in [6.07, 6.45) is 2.85. The maximum atomic E-state index is 13.3. The van der Waals surface area contributed by atoms with Gasteiger partial charge < -0.3 is 14.4 Å². The molecule has 1 heterocycles. The second kappa shape index (κ2) is 5.74. The highest BCUT2D eigenvalue weighted by Crippen LogP contribution is 2.18. The zero-order valence-electron chi connectivity index (χ0n) is 11.0. The van der Waals surface area contributed by atoms with Gasteiger partial charge in [-0.05, 0) is 18.2 Å². The van der Waals surface area contributed by atoms with Gasteiger partial charge in [0.2, 0.25) is 0 Å². The predicted molar refractivity (Wildman–Crippen MR) is 67.8 cm³/mol. The summed E-state index contributed by atoms with van der Waals surface area (Å²) in [6, 6.07) is 2.72. The molecule has 0 atom stereocenters. The zero-order valence-corrected chi connectivity index (χ0v) is 11.0. The van der Waals surface area contributed by atoms with Gasteiger partial charge in [0.15, 0.2) is 11.6 Å². The van der Waals surface area contributed by atoms with Crippen LogP contribution in [0, 0.1) is 11.6 Å². The van der Waals surface area contributed by atoms with Gasteiger partial charge in [0.1, 0.15) is 0 Å². The lowest BCUT2D eigenvalue weighted by molar-refractivity contribution is 0.0679. The number of halogens is 2. The summed E-state index contributed by atoms with van der Waals surface area (Å²) >= 11 is 0. The summed E-state index contributed by atoms with van der Waals surface area (Å²) in [5, 5.41) is 8.99. The first-order valence-electron chi connectivity index (χ1n) is 5.89. The van der Waals surface area contributed by atoms with Crippen LogP contribution in [0.2, 0.25) is 0 Å². The van der Waals surface area contributed by atoms with Crippen molar-refractivity contribution in [3.8, 4) is 0 Å². The third-order valence-electron chi connectivity index (χ3n) is 2.87. The molecule has 1 amide bonds. The highest BCUT2D eigenvalue weighted by Gasteiger charge is 2.23. The Hall–Kier alpha value is -2.70. The number of furan rings is 1. The van der Waals surface area contributed by atoms with E-state index in [-0.39, 0.29) is 6.54 Å². The van der Waals surface area contributed by atoms with E-state index in [0.29, 0.717) is 17.7 Å². The van der Waals surface area contributed by atoms with Gasteiger partial charge in [0.25, 0.3) is 5.91 Å². The second-order valence-electron chi connectivity index (χ2n) is 4.41. The van der Waals surface area contributed by atoms with Crippen LogP contribution in [0.4, 0.5) is 8.78 Å². The van der Waals surface area contributed by atoms with Crippen molar-refractivity contribution in [2.24, 2.45) is 0 Å². The molecule has 21 heavy (non-hydrogen) atoms. The minimum absolute atomic E-state index is 0.146. The zero-order chi connectivity index (χ0) is 15.6. The van der Waals surface area contributed by atoms with Crippen molar-refractivity contribution in [3.63, 3.8) is 0 Å². The number of hydrogen-bond acceptors (Lipinski definition) is 3. The van der Waals surface area contributed by atoms with Gasteiger partial charge in [-0.25, -0.2) is 13.6 Å². The Kier molecular flexibility index (Phi) is 4.02. The molecule has 0 saturated heterocycles. The largest absolute Gasteiger partial charge is 0.478 e. The van der Waals surface area contributed by atoms with Crippen LogP contribution in [0.15, 0.2) is 35.1 Å². The Morgan fingerprint density at radius 2 is 1.86 bits per heavy atom. The van der Waals surface area contributed by atoms with Crippen molar-refractivity contribution >= 4 is 11.9 Å². The fraction of sp³-hybridized carbons (Fsp3) is 0.143. The number of carbonyl (C=O) groups is 2. The van der Waals surface area contributed by atoms with Crippen LogP contribution in [0.3, 0.4) is 0 Å². The molecule has 0 radical (unpaired) electrons. The third-order valence-corrected chi connectivity index (χ3v) is 2.87. The lowest BCUT2D eigenvalue weighted by atomic mass is 10.1. The van der Waals surface area contributed by atoms with Crippen molar-refractivity contribution in [2.75, 3.05) is 7.05 Å². The van der Waals surface area contributed by atoms with Crippen molar-refractivity contribution < 1.29 is 27.9 Å². The second-order valence-corrected chi connectivity index (χ2v) is 4.41. The number of rotatable bonds is 4. The van der Waals surface area contributed by atoms with E-state index in [4.69, 9.17) is 9.52 Å². The predicted octanol–water partition coefficient (Wildman–Crippen LogP) is 2.53. The van der Waals surface area contributed by atoms with Crippen molar-refractivity contribution in [3.05, 3.63) is 59.1 Å². The van der Waals surface area contributed by atoms with Gasteiger partial charge in [-0.3, -0.25) is 4.79 Å². The molecule has 0 fully saturated rings. The first-order valence-corrected chi connectivity index (χ1v) is 5.89. The van der Waals surface area contributed by atoms with E-state index in [0.717, 1.165) is 0 Å². The van der Waals surface area contributed by atoms with Crippen LogP contribution in [-0.4, -0.2) is 28.9 Å². The minimum Gasteiger partial charge on any atom is -0.478 e. The van der Waals surface area contributed by atoms with Crippen LogP contribution in [-0.2, 0) is 6.54 Å². The van der Waals surface area contributed by atoms with Gasteiger partial charge in [-0.1, -0.05) is 0 Å². The highest BCUT2D eigenvalue weighted by molar-refractivity contribution is 6.04. The Morgan fingerprint density at radius 3 is 2.38 bits per heavy atom. The van der Waals surface area contributed by atoms with Gasteiger partial charge >= 0.3 is 5.97 Å². The molecule has 0 spiro atoms. The average Bonchev–Trinajstić information content (AvgIpc) is 2.93. The summed E-state index contributed by atoms with van der Waals surface area (Å²) < 4.78 is 31.2. The number of amides is 1. The van der Waals surface area contributed by atoms with Gasteiger partial charge in [0.05, 0.1) is 23.7 Å². The molecule has 0 aliphatic carbocycles. The topological polar surface area (TPSA) is 70.8 Å². The first-order chi connectivity index (χ1) is 9.90. The lowest BCUT2D eigenvalue weighted by Crippen LogP contribution is -2.28. The summed E-state index contributed by atoms with van der Waals surface area (Å²) in [5.74, 6) is -4.83. The van der Waals surface area contributed by atoms with E-state index in [1.54, 1.807) is 6.07 Å². The van der Waals surface area contributed by atoms with E-state index in [9.17, 15) is 18.4 Å². The number of carboxylic acid groups (broad SMARTS) is 1. The Labute approximate surface area is 118 Å². The molecular weight excluding hydrogens is 284 g/mol. The fourth-order valence-corrected chi connectivity index (χ4v) is 1.83. The smallest absolute Gasteiger partial charge is 0.336 e. The van der Waals surface area contributed by atoms with Crippen molar-refractivity contribution in [1.29, 1.82) is 0 Å². The first kappa shape index (κ1) is 14.7. The number of carbonyl (C=O) groups excluding carboxylic acids is 1. The molecule has 0 aliphatic rings. The Morgan fingerprint density at radius 1 is 1.24 bits per heavy atom. The molecule has 5 nitrogen and oxygen atoms in total. The van der Waals surface area contributed by atoms with E-state index < -0.39 is 34.6 Å². The van der Waals surface area contributed by atoms with Gasteiger partial charge in [0, 0.05) is 19.2 Å². The Bertz CT molecular complexity index is 683. The number of hydrogen-bond donors (Lipinski definition) is 1. The SMILES string of the molecule is CN(Cc1ccoc1)C(=O)c1cc(F)c(F)cc1C(=O)O. The molecule has 1 aromatic heterocycles. The molecule has 1 aromatic carbocycles. The van der Waals surface area contributed by atoms with E-state index in [2.05, 4.69) is 0 Å². The van der Waals surface area contributed by atoms with E-state index in [1.165, 1.54) is 24.5 Å². The maximum Gasteiger partial charge on any atom is 0.336 e. The number of nitrogens with zero attached hydrogens (tertiary/aromatic N) is 1. The minimum atomic E-state index is -1.51. The molecule has 7 heteroatoms. The van der Waals surface area contributed by atoms with Crippen LogP contribution in [0.5, 0.6) is 0 Å². The van der Waals surface area contributed by atoms with Gasteiger partial charge in [-0.2, -0.15) is 0 Å². The standard InChI is InChI=1S/C14H11F2NO4/c1-17(6-8-2-3-21-7-8)13(18)9-4-11(15)12(16)5-10(9)14(19)20/h2-5,7H,6H2,1H3,(H,19,20). The van der Waals surface area contributed by atoms with E-state index in [1.807, 2.05) is 0 Å². The lowest BCUT2D eigenvalue weighted by Gasteiger charge is -2.17. The number of benzene rings is 1. The monoisotopic (exact) mass is 295 g/mol. The molecule has 0 aliphatic heterocycles. The Balaban J connectivity index is 2.33. The average molecular weight is 295 g/mol. The van der Waals surface area contributed by atoms with Crippen molar-refractivity contribution in [2.45, 2.75) is 6.54 Å². The maximum absolute atomic E-state index is 13.3. The summed E-state index contributed by atoms with van der Waals surface area (Å²) in [4.78, 5) is 24.4. The van der Waals surface area contributed by atoms with Crippen LogP contribution >= 0.6 is 0 Å². The molecule has 1 N–H and O–H groups in total. The van der Waals surface area contributed by atoms with Gasteiger partial charge in [-0.15, -0.1) is 0 Å². The van der Waals surface area contributed by atoms with Crippen molar-refractivity contribution in [1.82, 2.24) is 4.90 Å².